The van der Waals surface area contributed by atoms with Crippen LogP contribution in [0.2, 0.25) is 0 Å². The molecule has 0 aliphatic carbocycles. The van der Waals surface area contributed by atoms with Crippen LogP contribution < -0.4 is 19.9 Å². The Bertz CT molecular complexity index is 1320. The molecule has 4 N–H and O–H groups in total. The molecule has 0 radical (unpaired) electrons. The number of aliphatic hydroxyl groups is 1. The number of alkyl halides is 3. The minimum atomic E-state index is -4.67. The molecule has 1 saturated heterocycles. The van der Waals surface area contributed by atoms with Gasteiger partial charge in [-0.15, -0.1) is 12.4 Å². The molecule has 1 fully saturated rings. The van der Waals surface area contributed by atoms with Crippen LogP contribution in [0.15, 0.2) is 40.9 Å². The molecule has 5 rings (SSSR count). The topological polar surface area (TPSA) is 140 Å². The maximum Gasteiger partial charge on any atom is 0.419 e. The van der Waals surface area contributed by atoms with E-state index in [1.54, 1.807) is 0 Å². The fourth-order valence-electron chi connectivity index (χ4n) is 4.52. The Morgan fingerprint density at radius 1 is 1.15 bits per heavy atom. The SMILES string of the molecule is Cl.N=C(N)N1C[C@H](O)C[C@H]1c1nc(-c2ccc(OCCCc3ccc4c(c3)OCCO4)c(C(F)(F)F)c2)no1. The van der Waals surface area contributed by atoms with Crippen LogP contribution in [0.3, 0.4) is 0 Å². The summed E-state index contributed by atoms with van der Waals surface area (Å²) in [6.07, 6.45) is -4.13. The first kappa shape index (κ1) is 28.3. The van der Waals surface area contributed by atoms with E-state index in [2.05, 4.69) is 10.1 Å². The number of nitrogens with two attached hydrogens (primary N) is 1. The lowest BCUT2D eigenvalue weighted by atomic mass is 10.1. The average molecular weight is 570 g/mol. The molecule has 0 amide bonds. The Labute approximate surface area is 227 Å². The van der Waals surface area contributed by atoms with Crippen LogP contribution >= 0.6 is 12.4 Å². The Balaban J connectivity index is 0.00000353. The number of aryl methyl sites for hydroxylation is 1. The number of guanidine groups is 1. The molecule has 10 nitrogen and oxygen atoms in total. The van der Waals surface area contributed by atoms with Gasteiger partial charge in [-0.1, -0.05) is 11.2 Å². The van der Waals surface area contributed by atoms with E-state index in [1.165, 1.54) is 17.0 Å². The molecule has 39 heavy (non-hydrogen) atoms. The fourth-order valence-corrected chi connectivity index (χ4v) is 4.52. The minimum absolute atomic E-state index is 0. The number of hydrogen-bond acceptors (Lipinski definition) is 8. The number of benzene rings is 2. The number of nitrogens with one attached hydrogen (secondary N) is 1. The van der Waals surface area contributed by atoms with E-state index < -0.39 is 23.9 Å². The van der Waals surface area contributed by atoms with Gasteiger partial charge in [-0.3, -0.25) is 5.41 Å². The lowest BCUT2D eigenvalue weighted by Gasteiger charge is -2.20. The monoisotopic (exact) mass is 569 g/mol. The zero-order valence-corrected chi connectivity index (χ0v) is 21.4. The van der Waals surface area contributed by atoms with Gasteiger partial charge in [0, 0.05) is 18.5 Å². The average Bonchev–Trinajstić information content (AvgIpc) is 3.53. The van der Waals surface area contributed by atoms with Gasteiger partial charge in [-0.2, -0.15) is 18.2 Å². The normalized spacial score (nSPS) is 18.5. The third kappa shape index (κ3) is 6.31. The second kappa shape index (κ2) is 11.6. The Morgan fingerprint density at radius 3 is 2.67 bits per heavy atom. The smallest absolute Gasteiger partial charge is 0.419 e. The number of aliphatic hydroxyl groups excluding tert-OH is 1. The number of β-amino-alcohol motifs (C(OH)–C–C–N with tert-alkyl or cyclic N) is 1. The molecule has 0 bridgehead atoms. The van der Waals surface area contributed by atoms with E-state index in [0.717, 1.165) is 11.6 Å². The largest absolute Gasteiger partial charge is 0.493 e. The summed E-state index contributed by atoms with van der Waals surface area (Å²) in [6, 6.07) is 8.52. The Kier molecular flexibility index (Phi) is 8.40. The van der Waals surface area contributed by atoms with Crippen molar-refractivity contribution in [1.82, 2.24) is 15.0 Å². The van der Waals surface area contributed by atoms with Crippen LogP contribution in [-0.2, 0) is 12.6 Å². The number of hydrogen-bond donors (Lipinski definition) is 3. The van der Waals surface area contributed by atoms with Crippen molar-refractivity contribution < 1.29 is 37.0 Å². The predicted octanol–water partition coefficient (Wildman–Crippen LogP) is 3.96. The zero-order valence-electron chi connectivity index (χ0n) is 20.6. The highest BCUT2D eigenvalue weighted by Gasteiger charge is 2.38. The Morgan fingerprint density at radius 2 is 1.92 bits per heavy atom. The summed E-state index contributed by atoms with van der Waals surface area (Å²) in [7, 11) is 0. The summed E-state index contributed by atoms with van der Waals surface area (Å²) in [5, 5.41) is 21.4. The molecule has 0 unspecified atom stereocenters. The van der Waals surface area contributed by atoms with Crippen molar-refractivity contribution in [2.45, 2.75) is 37.6 Å². The van der Waals surface area contributed by atoms with Crippen LogP contribution in [0.1, 0.15) is 35.9 Å². The van der Waals surface area contributed by atoms with Crippen LogP contribution in [0.25, 0.3) is 11.4 Å². The third-order valence-corrected chi connectivity index (χ3v) is 6.33. The van der Waals surface area contributed by atoms with Crippen LogP contribution in [-0.4, -0.2) is 58.6 Å². The quantitative estimate of drug-likeness (QED) is 0.219. The number of ether oxygens (including phenoxy) is 3. The second-order valence-electron chi connectivity index (χ2n) is 9.04. The highest BCUT2D eigenvalue weighted by molar-refractivity contribution is 5.85. The van der Waals surface area contributed by atoms with Gasteiger partial charge in [-0.25, -0.2) is 0 Å². The van der Waals surface area contributed by atoms with Gasteiger partial charge >= 0.3 is 6.18 Å². The van der Waals surface area contributed by atoms with Gasteiger partial charge in [-0.05, 0) is 48.7 Å². The molecule has 3 heterocycles. The van der Waals surface area contributed by atoms with E-state index >= 15 is 0 Å². The maximum absolute atomic E-state index is 13.9. The predicted molar refractivity (Wildman–Crippen MR) is 135 cm³/mol. The second-order valence-corrected chi connectivity index (χ2v) is 9.04. The van der Waals surface area contributed by atoms with Gasteiger partial charge in [0.1, 0.15) is 25.0 Å². The van der Waals surface area contributed by atoms with E-state index in [1.807, 2.05) is 18.2 Å². The lowest BCUT2D eigenvalue weighted by molar-refractivity contribution is -0.138. The van der Waals surface area contributed by atoms with Gasteiger partial charge in [0.2, 0.25) is 11.7 Å². The molecular weight excluding hydrogens is 543 g/mol. The van der Waals surface area contributed by atoms with E-state index in [-0.39, 0.29) is 61.0 Å². The van der Waals surface area contributed by atoms with Gasteiger partial charge in [0.05, 0.1) is 18.3 Å². The highest BCUT2D eigenvalue weighted by atomic mass is 35.5. The minimum Gasteiger partial charge on any atom is -0.493 e. The summed E-state index contributed by atoms with van der Waals surface area (Å²) in [6.45, 7) is 1.17. The molecule has 2 atom stereocenters. The summed E-state index contributed by atoms with van der Waals surface area (Å²) in [4.78, 5) is 5.61. The first-order valence-electron chi connectivity index (χ1n) is 12.0. The van der Waals surface area contributed by atoms with Gasteiger partial charge in [0.15, 0.2) is 17.5 Å². The summed E-state index contributed by atoms with van der Waals surface area (Å²) >= 11 is 0. The van der Waals surface area contributed by atoms with Crippen LogP contribution in [0.5, 0.6) is 17.2 Å². The molecule has 1 aromatic heterocycles. The fraction of sp³-hybridized carbons (Fsp3) is 0.400. The van der Waals surface area contributed by atoms with Crippen LogP contribution in [0.4, 0.5) is 13.2 Å². The van der Waals surface area contributed by atoms with Crippen molar-refractivity contribution in [2.24, 2.45) is 5.73 Å². The number of rotatable bonds is 7. The standard InChI is InChI=1S/C25H26F3N5O5.ClH/c26-25(27,28)17-11-15(22-31-23(38-32-22)18-12-16(34)13-33(18)24(29)30)4-6-19(17)35-7-1-2-14-3-5-20-21(10-14)37-9-8-36-20;/h3-6,10-11,16,18,34H,1-2,7-9,12-13H2,(H3,29,30);1H/t16-,18+;/m1./s1. The number of fused-ring (bicyclic) bond motifs is 1. The third-order valence-electron chi connectivity index (χ3n) is 6.33. The molecule has 2 aromatic carbocycles. The van der Waals surface area contributed by atoms with Crippen molar-refractivity contribution in [3.63, 3.8) is 0 Å². The molecular formula is C25H27ClF3N5O5. The zero-order chi connectivity index (χ0) is 26.9. The lowest BCUT2D eigenvalue weighted by Crippen LogP contribution is -2.36. The number of likely N-dealkylation sites (tertiary alicyclic amines) is 1. The summed E-state index contributed by atoms with van der Waals surface area (Å²) in [5.41, 5.74) is 5.66. The number of aromatic nitrogens is 2. The van der Waals surface area contributed by atoms with Crippen molar-refractivity contribution >= 4 is 18.4 Å². The first-order chi connectivity index (χ1) is 18.2. The van der Waals surface area contributed by atoms with Crippen molar-refractivity contribution in [3.05, 3.63) is 53.4 Å². The molecule has 14 heteroatoms. The number of nitrogens with zero attached hydrogens (tertiary/aromatic N) is 3. The van der Waals surface area contributed by atoms with Crippen LogP contribution in [0, 0.1) is 5.41 Å². The molecule has 0 saturated carbocycles. The molecule has 210 valence electrons. The van der Waals surface area contributed by atoms with Crippen molar-refractivity contribution in [1.29, 1.82) is 5.41 Å². The molecule has 2 aliphatic heterocycles. The molecule has 0 spiro atoms. The van der Waals surface area contributed by atoms with Crippen molar-refractivity contribution in [3.8, 4) is 28.6 Å². The van der Waals surface area contributed by atoms with Gasteiger partial charge < -0.3 is 34.5 Å². The molecule has 2 aliphatic rings. The maximum atomic E-state index is 13.9. The summed E-state index contributed by atoms with van der Waals surface area (Å²) < 4.78 is 63.4. The van der Waals surface area contributed by atoms with Crippen molar-refractivity contribution in [2.75, 3.05) is 26.4 Å². The Hall–Kier alpha value is -3.71. The first-order valence-corrected chi connectivity index (χ1v) is 12.0. The van der Waals surface area contributed by atoms with E-state index in [9.17, 15) is 18.3 Å². The van der Waals surface area contributed by atoms with E-state index in [0.29, 0.717) is 37.6 Å². The highest BCUT2D eigenvalue weighted by Crippen LogP contribution is 2.39. The summed E-state index contributed by atoms with van der Waals surface area (Å²) in [5.74, 6) is 0.763. The van der Waals surface area contributed by atoms with Gasteiger partial charge in [0.25, 0.3) is 0 Å². The number of halogens is 4. The molecule has 3 aromatic rings. The van der Waals surface area contributed by atoms with E-state index in [4.69, 9.17) is 29.9 Å².